The molecule has 0 atom stereocenters. The predicted octanol–water partition coefficient (Wildman–Crippen LogP) is 2.42. The Kier molecular flexibility index (Phi) is 5.79. The van der Waals surface area contributed by atoms with Crippen molar-refractivity contribution in [2.24, 2.45) is 5.41 Å². The smallest absolute Gasteiger partial charge is 0.224 e. The summed E-state index contributed by atoms with van der Waals surface area (Å²) in [6.07, 6.45) is 0.243. The van der Waals surface area contributed by atoms with E-state index in [0.717, 1.165) is 18.7 Å². The minimum atomic E-state index is -0.630. The van der Waals surface area contributed by atoms with Gasteiger partial charge in [0.05, 0.1) is 18.6 Å². The van der Waals surface area contributed by atoms with Gasteiger partial charge in [0, 0.05) is 39.1 Å². The van der Waals surface area contributed by atoms with E-state index in [4.69, 9.17) is 10.00 Å². The lowest BCUT2D eigenvalue weighted by Gasteiger charge is -2.35. The second-order valence-corrected chi connectivity index (χ2v) is 6.80. The fourth-order valence-electron chi connectivity index (χ4n) is 2.75. The summed E-state index contributed by atoms with van der Waals surface area (Å²) >= 11 is 0. The molecule has 0 unspecified atom stereocenters. The lowest BCUT2D eigenvalue weighted by Crippen LogP contribution is -2.48. The van der Waals surface area contributed by atoms with Gasteiger partial charge in [0.15, 0.2) is 11.6 Å². The van der Waals surface area contributed by atoms with Crippen LogP contribution in [0.4, 0.5) is 4.39 Å². The lowest BCUT2D eigenvalue weighted by molar-refractivity contribution is -0.134. The molecule has 130 valence electrons. The van der Waals surface area contributed by atoms with Gasteiger partial charge < -0.3 is 9.64 Å². The number of nitriles is 1. The monoisotopic (exact) mass is 333 g/mol. The summed E-state index contributed by atoms with van der Waals surface area (Å²) < 4.78 is 18.7. The normalized spacial score (nSPS) is 15.9. The van der Waals surface area contributed by atoms with Gasteiger partial charge in [0.25, 0.3) is 0 Å². The van der Waals surface area contributed by atoms with Gasteiger partial charge in [0.1, 0.15) is 0 Å². The van der Waals surface area contributed by atoms with E-state index in [2.05, 4.69) is 11.0 Å². The quantitative estimate of drug-likeness (QED) is 0.830. The summed E-state index contributed by atoms with van der Waals surface area (Å²) in [5.74, 6) is -0.0893. The number of ether oxygens (including phenoxy) is 1. The zero-order valence-electron chi connectivity index (χ0n) is 14.5. The van der Waals surface area contributed by atoms with Crippen LogP contribution in [0.15, 0.2) is 18.2 Å². The van der Waals surface area contributed by atoms with Crippen LogP contribution in [0, 0.1) is 22.6 Å². The maximum absolute atomic E-state index is 13.7. The molecule has 1 saturated heterocycles. The molecular weight excluding hydrogens is 309 g/mol. The third-order valence-corrected chi connectivity index (χ3v) is 4.24. The minimum Gasteiger partial charge on any atom is -0.494 e. The molecule has 1 aromatic carbocycles. The van der Waals surface area contributed by atoms with Crippen molar-refractivity contribution in [3.63, 3.8) is 0 Å². The molecule has 1 aliphatic heterocycles. The third-order valence-electron chi connectivity index (χ3n) is 4.24. The van der Waals surface area contributed by atoms with Crippen LogP contribution >= 0.6 is 0 Å². The van der Waals surface area contributed by atoms with Crippen molar-refractivity contribution in [1.29, 1.82) is 5.26 Å². The van der Waals surface area contributed by atoms with Gasteiger partial charge in [-0.1, -0.05) is 6.07 Å². The van der Waals surface area contributed by atoms with Crippen LogP contribution in [-0.4, -0.2) is 49.0 Å². The highest BCUT2D eigenvalue weighted by Crippen LogP contribution is 2.21. The van der Waals surface area contributed by atoms with Gasteiger partial charge in [-0.3, -0.25) is 9.69 Å². The number of piperazine rings is 1. The fraction of sp³-hybridized carbons (Fsp3) is 0.556. The first-order chi connectivity index (χ1) is 11.3. The van der Waals surface area contributed by atoms with Gasteiger partial charge in [-0.15, -0.1) is 0 Å². The van der Waals surface area contributed by atoms with Gasteiger partial charge in [-0.2, -0.15) is 5.26 Å². The molecule has 0 saturated carbocycles. The molecule has 0 bridgehead atoms. The number of amides is 1. The van der Waals surface area contributed by atoms with E-state index >= 15 is 0 Å². The van der Waals surface area contributed by atoms with Crippen LogP contribution in [0.5, 0.6) is 5.75 Å². The first-order valence-corrected chi connectivity index (χ1v) is 8.08. The summed E-state index contributed by atoms with van der Waals surface area (Å²) in [6, 6.07) is 7.14. The maximum atomic E-state index is 13.7. The number of halogens is 1. The number of rotatable bonds is 5. The second-order valence-electron chi connectivity index (χ2n) is 6.80. The Bertz CT molecular complexity index is 632. The Labute approximate surface area is 142 Å². The van der Waals surface area contributed by atoms with Crippen LogP contribution in [0.1, 0.15) is 25.8 Å². The van der Waals surface area contributed by atoms with E-state index in [1.165, 1.54) is 13.2 Å². The average Bonchev–Trinajstić information content (AvgIpc) is 2.55. The van der Waals surface area contributed by atoms with Crippen molar-refractivity contribution in [3.8, 4) is 11.8 Å². The minimum absolute atomic E-state index is 0.0247. The highest BCUT2D eigenvalue weighted by molar-refractivity contribution is 5.77. The standard InChI is InChI=1S/C18H24FN3O2/c1-18(2,13-20)11-17(23)22-8-6-21(7-9-22)12-14-4-5-16(24-3)15(19)10-14/h4-5,10H,6-9,11-12H2,1-3H3. The van der Waals surface area contributed by atoms with Gasteiger partial charge >= 0.3 is 0 Å². The number of hydrogen-bond donors (Lipinski definition) is 0. The molecule has 0 spiro atoms. The molecule has 2 rings (SSSR count). The Hall–Kier alpha value is -2.13. The van der Waals surface area contributed by atoms with Gasteiger partial charge in [0.2, 0.25) is 5.91 Å². The third kappa shape index (κ3) is 4.68. The topological polar surface area (TPSA) is 56.6 Å². The molecule has 5 nitrogen and oxygen atoms in total. The van der Waals surface area contributed by atoms with E-state index in [1.807, 2.05) is 11.0 Å². The summed E-state index contributed by atoms with van der Waals surface area (Å²) in [5, 5.41) is 9.04. The van der Waals surface area contributed by atoms with Gasteiger partial charge in [-0.05, 0) is 31.5 Å². The SMILES string of the molecule is COc1ccc(CN2CCN(C(=O)CC(C)(C)C#N)CC2)cc1F. The highest BCUT2D eigenvalue weighted by atomic mass is 19.1. The highest BCUT2D eigenvalue weighted by Gasteiger charge is 2.27. The van der Waals surface area contributed by atoms with Crippen molar-refractivity contribution in [2.45, 2.75) is 26.8 Å². The van der Waals surface area contributed by atoms with Crippen LogP contribution in [0.25, 0.3) is 0 Å². The molecule has 0 aliphatic carbocycles. The van der Waals surface area contributed by atoms with Crippen molar-refractivity contribution in [1.82, 2.24) is 9.80 Å². The summed E-state index contributed by atoms with van der Waals surface area (Å²) in [5.41, 5.74) is 0.258. The molecule has 0 N–H and O–H groups in total. The van der Waals surface area contributed by atoms with Crippen LogP contribution < -0.4 is 4.74 Å². The Morgan fingerprint density at radius 2 is 2.00 bits per heavy atom. The Morgan fingerprint density at radius 3 is 2.54 bits per heavy atom. The molecule has 0 aromatic heterocycles. The van der Waals surface area contributed by atoms with Crippen molar-refractivity contribution < 1.29 is 13.9 Å². The van der Waals surface area contributed by atoms with E-state index in [9.17, 15) is 9.18 Å². The number of hydrogen-bond acceptors (Lipinski definition) is 4. The average molecular weight is 333 g/mol. The lowest BCUT2D eigenvalue weighted by atomic mass is 9.90. The molecule has 1 fully saturated rings. The van der Waals surface area contributed by atoms with Crippen molar-refractivity contribution in [3.05, 3.63) is 29.6 Å². The number of carbonyl (C=O) groups excluding carboxylic acids is 1. The molecule has 1 amide bonds. The van der Waals surface area contributed by atoms with E-state index in [0.29, 0.717) is 19.6 Å². The van der Waals surface area contributed by atoms with Crippen molar-refractivity contribution >= 4 is 5.91 Å². The zero-order chi connectivity index (χ0) is 17.7. The van der Waals surface area contributed by atoms with Crippen LogP contribution in [0.3, 0.4) is 0 Å². The van der Waals surface area contributed by atoms with Crippen LogP contribution in [0.2, 0.25) is 0 Å². The second kappa shape index (κ2) is 7.63. The molecular formula is C18H24FN3O2. The number of nitrogens with zero attached hydrogens (tertiary/aromatic N) is 3. The molecule has 0 radical (unpaired) electrons. The Morgan fingerprint density at radius 1 is 1.33 bits per heavy atom. The fourth-order valence-corrected chi connectivity index (χ4v) is 2.75. The molecule has 24 heavy (non-hydrogen) atoms. The first kappa shape index (κ1) is 18.2. The van der Waals surface area contributed by atoms with Gasteiger partial charge in [-0.25, -0.2) is 4.39 Å². The molecule has 1 aliphatic rings. The predicted molar refractivity (Wildman–Crippen MR) is 88.8 cm³/mol. The summed E-state index contributed by atoms with van der Waals surface area (Å²) in [7, 11) is 1.45. The Balaban J connectivity index is 1.86. The number of carbonyl (C=O) groups is 1. The van der Waals surface area contributed by atoms with Crippen molar-refractivity contribution in [2.75, 3.05) is 33.3 Å². The number of benzene rings is 1. The first-order valence-electron chi connectivity index (χ1n) is 8.08. The largest absolute Gasteiger partial charge is 0.494 e. The van der Waals surface area contributed by atoms with E-state index in [1.54, 1.807) is 19.9 Å². The number of methoxy groups -OCH3 is 1. The van der Waals surface area contributed by atoms with Crippen LogP contribution in [-0.2, 0) is 11.3 Å². The summed E-state index contributed by atoms with van der Waals surface area (Å²) in [4.78, 5) is 16.3. The zero-order valence-corrected chi connectivity index (χ0v) is 14.5. The van der Waals surface area contributed by atoms with E-state index in [-0.39, 0.29) is 23.9 Å². The molecule has 1 aromatic rings. The maximum Gasteiger partial charge on any atom is 0.224 e. The van der Waals surface area contributed by atoms with E-state index < -0.39 is 5.41 Å². The molecule has 6 heteroatoms. The summed E-state index contributed by atoms with van der Waals surface area (Å²) in [6.45, 7) is 6.96. The molecule has 1 heterocycles.